The topological polar surface area (TPSA) is 29.5 Å². The second-order valence-electron chi connectivity index (χ2n) is 5.59. The van der Waals surface area contributed by atoms with Gasteiger partial charge in [0.25, 0.3) is 0 Å². The third-order valence-electron chi connectivity index (χ3n) is 4.08. The number of Topliss-reactive ketones (excluding diaryl/α,β-unsaturated/α-hetero) is 1. The molecule has 0 aliphatic heterocycles. The number of hydrogen-bond donors (Lipinski definition) is 0. The first-order valence-corrected chi connectivity index (χ1v) is 7.67. The predicted molar refractivity (Wildman–Crippen MR) is 81.4 cm³/mol. The summed E-state index contributed by atoms with van der Waals surface area (Å²) in [6, 6.07) is 8.05. The average molecular weight is 275 g/mol. The standard InChI is InChI=1S/C17H25NO2/c1-3-20-16-11-9-14(10-12-16)17(19)13-18(2)15-7-5-4-6-8-15/h9-12,15H,3-8,13H2,1-2H3. The van der Waals surface area contributed by atoms with E-state index in [9.17, 15) is 4.79 Å². The van der Waals surface area contributed by atoms with Gasteiger partial charge in [-0.05, 0) is 51.1 Å². The van der Waals surface area contributed by atoms with Gasteiger partial charge in [0.1, 0.15) is 5.75 Å². The maximum Gasteiger partial charge on any atom is 0.176 e. The van der Waals surface area contributed by atoms with Gasteiger partial charge >= 0.3 is 0 Å². The summed E-state index contributed by atoms with van der Waals surface area (Å²) in [6.45, 7) is 3.12. The minimum absolute atomic E-state index is 0.195. The summed E-state index contributed by atoms with van der Waals surface area (Å²) < 4.78 is 5.40. The Morgan fingerprint density at radius 1 is 1.20 bits per heavy atom. The van der Waals surface area contributed by atoms with E-state index in [-0.39, 0.29) is 5.78 Å². The van der Waals surface area contributed by atoms with Crippen molar-refractivity contribution in [3.05, 3.63) is 29.8 Å². The Morgan fingerprint density at radius 2 is 1.85 bits per heavy atom. The highest BCUT2D eigenvalue weighted by molar-refractivity contribution is 5.97. The molecule has 0 spiro atoms. The molecule has 3 heteroatoms. The molecule has 0 N–H and O–H groups in total. The largest absolute Gasteiger partial charge is 0.494 e. The van der Waals surface area contributed by atoms with Crippen molar-refractivity contribution >= 4 is 5.78 Å². The maximum absolute atomic E-state index is 12.3. The second kappa shape index (κ2) is 7.44. The summed E-state index contributed by atoms with van der Waals surface area (Å²) in [6.07, 6.45) is 6.40. The van der Waals surface area contributed by atoms with Crippen LogP contribution in [0.1, 0.15) is 49.4 Å². The van der Waals surface area contributed by atoms with Crippen molar-refractivity contribution in [2.75, 3.05) is 20.2 Å². The summed E-state index contributed by atoms with van der Waals surface area (Å²) >= 11 is 0. The summed E-state index contributed by atoms with van der Waals surface area (Å²) in [5.74, 6) is 1.02. The van der Waals surface area contributed by atoms with Gasteiger partial charge in [-0.25, -0.2) is 0 Å². The minimum Gasteiger partial charge on any atom is -0.494 e. The van der Waals surface area contributed by atoms with Crippen molar-refractivity contribution in [3.63, 3.8) is 0 Å². The van der Waals surface area contributed by atoms with E-state index < -0.39 is 0 Å². The van der Waals surface area contributed by atoms with E-state index in [1.807, 2.05) is 31.2 Å². The molecule has 1 saturated carbocycles. The van der Waals surface area contributed by atoms with E-state index >= 15 is 0 Å². The molecule has 20 heavy (non-hydrogen) atoms. The van der Waals surface area contributed by atoms with Gasteiger partial charge < -0.3 is 4.74 Å². The molecule has 0 unspecified atom stereocenters. The van der Waals surface area contributed by atoms with Crippen LogP contribution in [-0.4, -0.2) is 36.9 Å². The Labute approximate surface area is 121 Å². The van der Waals surface area contributed by atoms with Crippen molar-refractivity contribution in [3.8, 4) is 5.75 Å². The fourth-order valence-corrected chi connectivity index (χ4v) is 2.87. The number of ketones is 1. The molecule has 0 radical (unpaired) electrons. The van der Waals surface area contributed by atoms with E-state index in [1.165, 1.54) is 32.1 Å². The first-order valence-electron chi connectivity index (χ1n) is 7.67. The molecule has 110 valence electrons. The number of benzene rings is 1. The van der Waals surface area contributed by atoms with Crippen LogP contribution in [0, 0.1) is 0 Å². The lowest BCUT2D eigenvalue weighted by Gasteiger charge is -2.30. The zero-order chi connectivity index (χ0) is 14.4. The van der Waals surface area contributed by atoms with Gasteiger partial charge in [-0.1, -0.05) is 19.3 Å². The average Bonchev–Trinajstić information content (AvgIpc) is 2.49. The van der Waals surface area contributed by atoms with Crippen molar-refractivity contribution in [1.82, 2.24) is 4.90 Å². The first-order chi connectivity index (χ1) is 9.70. The SMILES string of the molecule is CCOc1ccc(C(=O)CN(C)C2CCCCC2)cc1. The smallest absolute Gasteiger partial charge is 0.176 e. The van der Waals surface area contributed by atoms with E-state index in [2.05, 4.69) is 11.9 Å². The summed E-state index contributed by atoms with van der Waals surface area (Å²) in [7, 11) is 2.07. The van der Waals surface area contributed by atoms with Crippen LogP contribution >= 0.6 is 0 Å². The third kappa shape index (κ3) is 4.07. The Morgan fingerprint density at radius 3 is 2.45 bits per heavy atom. The molecular weight excluding hydrogens is 250 g/mol. The number of nitrogens with zero attached hydrogens (tertiary/aromatic N) is 1. The number of ether oxygens (including phenoxy) is 1. The number of carbonyl (C=O) groups excluding carboxylic acids is 1. The molecule has 0 heterocycles. The molecular formula is C17H25NO2. The molecule has 3 nitrogen and oxygen atoms in total. The highest BCUT2D eigenvalue weighted by Crippen LogP contribution is 2.22. The Kier molecular flexibility index (Phi) is 5.60. The van der Waals surface area contributed by atoms with Gasteiger partial charge in [0.2, 0.25) is 0 Å². The molecule has 0 atom stereocenters. The fourth-order valence-electron chi connectivity index (χ4n) is 2.87. The Balaban J connectivity index is 1.89. The van der Waals surface area contributed by atoms with E-state index in [0.717, 1.165) is 11.3 Å². The van der Waals surface area contributed by atoms with Gasteiger partial charge in [0.05, 0.1) is 13.2 Å². The first kappa shape index (κ1) is 15.0. The normalized spacial score (nSPS) is 16.4. The third-order valence-corrected chi connectivity index (χ3v) is 4.08. The van der Waals surface area contributed by atoms with Crippen LogP contribution in [0.25, 0.3) is 0 Å². The van der Waals surface area contributed by atoms with Crippen molar-refractivity contribution in [2.45, 2.75) is 45.1 Å². The highest BCUT2D eigenvalue weighted by Gasteiger charge is 2.20. The van der Waals surface area contributed by atoms with Crippen LogP contribution in [0.5, 0.6) is 5.75 Å². The van der Waals surface area contributed by atoms with Crippen LogP contribution in [0.4, 0.5) is 0 Å². The van der Waals surface area contributed by atoms with Gasteiger partial charge in [-0.2, -0.15) is 0 Å². The molecule has 0 aromatic heterocycles. The van der Waals surface area contributed by atoms with Crippen LogP contribution in [0.2, 0.25) is 0 Å². The van der Waals surface area contributed by atoms with Gasteiger partial charge in [-0.15, -0.1) is 0 Å². The lowest BCUT2D eigenvalue weighted by atomic mass is 9.94. The maximum atomic E-state index is 12.3. The number of rotatable bonds is 6. The predicted octanol–water partition coefficient (Wildman–Crippen LogP) is 3.53. The van der Waals surface area contributed by atoms with Crippen LogP contribution < -0.4 is 4.74 Å². The summed E-state index contributed by atoms with van der Waals surface area (Å²) in [5.41, 5.74) is 0.774. The summed E-state index contributed by atoms with van der Waals surface area (Å²) in [4.78, 5) is 14.5. The van der Waals surface area contributed by atoms with E-state index in [4.69, 9.17) is 4.74 Å². The Hall–Kier alpha value is -1.35. The fraction of sp³-hybridized carbons (Fsp3) is 0.588. The van der Waals surface area contributed by atoms with Crippen molar-refractivity contribution in [1.29, 1.82) is 0 Å². The van der Waals surface area contributed by atoms with Crippen LogP contribution in [-0.2, 0) is 0 Å². The second-order valence-corrected chi connectivity index (χ2v) is 5.59. The van der Waals surface area contributed by atoms with Crippen LogP contribution in [0.15, 0.2) is 24.3 Å². The number of carbonyl (C=O) groups is 1. The van der Waals surface area contributed by atoms with Crippen molar-refractivity contribution < 1.29 is 9.53 Å². The molecule has 1 fully saturated rings. The van der Waals surface area contributed by atoms with E-state index in [1.54, 1.807) is 0 Å². The summed E-state index contributed by atoms with van der Waals surface area (Å²) in [5, 5.41) is 0. The van der Waals surface area contributed by atoms with E-state index in [0.29, 0.717) is 19.2 Å². The lowest BCUT2D eigenvalue weighted by molar-refractivity contribution is 0.0899. The van der Waals surface area contributed by atoms with Gasteiger partial charge in [-0.3, -0.25) is 9.69 Å². The van der Waals surface area contributed by atoms with Crippen molar-refractivity contribution in [2.24, 2.45) is 0 Å². The molecule has 0 bridgehead atoms. The Bertz CT molecular complexity index is 421. The molecule has 2 rings (SSSR count). The number of hydrogen-bond acceptors (Lipinski definition) is 3. The molecule has 0 amide bonds. The highest BCUT2D eigenvalue weighted by atomic mass is 16.5. The number of likely N-dealkylation sites (N-methyl/N-ethyl adjacent to an activating group) is 1. The quantitative estimate of drug-likeness (QED) is 0.744. The zero-order valence-corrected chi connectivity index (χ0v) is 12.6. The van der Waals surface area contributed by atoms with Gasteiger partial charge in [0.15, 0.2) is 5.78 Å². The molecule has 1 aromatic rings. The molecule has 1 aliphatic rings. The molecule has 1 aromatic carbocycles. The lowest BCUT2D eigenvalue weighted by Crippen LogP contribution is -2.37. The monoisotopic (exact) mass is 275 g/mol. The molecule has 1 aliphatic carbocycles. The minimum atomic E-state index is 0.195. The molecule has 0 saturated heterocycles. The zero-order valence-electron chi connectivity index (χ0n) is 12.6. The van der Waals surface area contributed by atoms with Crippen LogP contribution in [0.3, 0.4) is 0 Å². The van der Waals surface area contributed by atoms with Gasteiger partial charge in [0, 0.05) is 11.6 Å².